The molecular formula is C20H26ClFO5. The molecule has 150 valence electrons. The molecule has 2 N–H and O–H groups in total. The summed E-state index contributed by atoms with van der Waals surface area (Å²) in [7, 11) is 1.74. The predicted molar refractivity (Wildman–Crippen MR) is 98.5 cm³/mol. The second-order valence-corrected chi connectivity index (χ2v) is 7.88. The number of rotatable bonds is 5. The molecule has 1 aromatic rings. The van der Waals surface area contributed by atoms with E-state index in [1.54, 1.807) is 19.2 Å². The molecule has 0 amide bonds. The van der Waals surface area contributed by atoms with Crippen LogP contribution in [0.1, 0.15) is 42.9 Å². The topological polar surface area (TPSA) is 76.0 Å². The zero-order chi connectivity index (χ0) is 19.6. The van der Waals surface area contributed by atoms with Crippen molar-refractivity contribution in [2.24, 2.45) is 5.92 Å². The highest BCUT2D eigenvalue weighted by Crippen LogP contribution is 2.35. The SMILES string of the molecule is COC1CCC(Cc2cc([C@@H]3O[C@H](CF)[C@@H](O)C(=O)[C@H]3O)ccc2Cl)CC1. The molecule has 0 radical (unpaired) electrons. The van der Waals surface area contributed by atoms with Gasteiger partial charge in [0.05, 0.1) is 6.10 Å². The smallest absolute Gasteiger partial charge is 0.195 e. The molecule has 0 bridgehead atoms. The highest BCUT2D eigenvalue weighted by molar-refractivity contribution is 6.31. The molecule has 5 nitrogen and oxygen atoms in total. The maximum absolute atomic E-state index is 13.1. The van der Waals surface area contributed by atoms with Crippen LogP contribution in [0.5, 0.6) is 0 Å². The number of Topliss-reactive ketones (excluding diaryl/α,β-unsaturated/α-hetero) is 1. The number of ether oxygens (including phenoxy) is 2. The first-order valence-electron chi connectivity index (χ1n) is 9.37. The second-order valence-electron chi connectivity index (χ2n) is 7.47. The van der Waals surface area contributed by atoms with Crippen molar-refractivity contribution in [2.45, 2.75) is 62.6 Å². The normalized spacial score (nSPS) is 34.6. The first-order valence-corrected chi connectivity index (χ1v) is 9.74. The molecule has 1 aliphatic carbocycles. The van der Waals surface area contributed by atoms with Crippen molar-refractivity contribution in [3.63, 3.8) is 0 Å². The van der Waals surface area contributed by atoms with Crippen LogP contribution >= 0.6 is 11.6 Å². The quantitative estimate of drug-likeness (QED) is 0.794. The predicted octanol–water partition coefficient (Wildman–Crippen LogP) is 2.79. The summed E-state index contributed by atoms with van der Waals surface area (Å²) in [5.74, 6) is -0.327. The molecule has 1 aromatic carbocycles. The molecule has 27 heavy (non-hydrogen) atoms. The van der Waals surface area contributed by atoms with Crippen LogP contribution in [0.25, 0.3) is 0 Å². The van der Waals surface area contributed by atoms with Gasteiger partial charge >= 0.3 is 0 Å². The van der Waals surface area contributed by atoms with Crippen LogP contribution in [-0.4, -0.2) is 54.2 Å². The summed E-state index contributed by atoms with van der Waals surface area (Å²) in [5, 5.41) is 20.5. The van der Waals surface area contributed by atoms with Gasteiger partial charge in [-0.2, -0.15) is 0 Å². The Hall–Kier alpha value is -1.05. The number of aliphatic hydroxyl groups excluding tert-OH is 2. The zero-order valence-corrected chi connectivity index (χ0v) is 16.1. The molecule has 1 heterocycles. The van der Waals surface area contributed by atoms with Gasteiger partial charge in [-0.25, -0.2) is 4.39 Å². The molecule has 0 spiro atoms. The van der Waals surface area contributed by atoms with Crippen LogP contribution in [-0.2, 0) is 20.7 Å². The van der Waals surface area contributed by atoms with Gasteiger partial charge < -0.3 is 19.7 Å². The van der Waals surface area contributed by atoms with Crippen LogP contribution in [0.2, 0.25) is 5.02 Å². The van der Waals surface area contributed by atoms with Gasteiger partial charge in [-0.05, 0) is 55.2 Å². The Balaban J connectivity index is 1.75. The van der Waals surface area contributed by atoms with Gasteiger partial charge in [0, 0.05) is 12.1 Å². The number of hydrogen-bond donors (Lipinski definition) is 2. The lowest BCUT2D eigenvalue weighted by atomic mass is 9.83. The fraction of sp³-hybridized carbons (Fsp3) is 0.650. The molecule has 1 saturated carbocycles. The van der Waals surface area contributed by atoms with Crippen molar-refractivity contribution in [3.8, 4) is 0 Å². The molecule has 1 saturated heterocycles. The Labute approximate surface area is 163 Å². The van der Waals surface area contributed by atoms with Crippen molar-refractivity contribution in [1.82, 2.24) is 0 Å². The molecule has 7 heteroatoms. The van der Waals surface area contributed by atoms with Crippen molar-refractivity contribution < 1.29 is 28.9 Å². The maximum atomic E-state index is 13.1. The highest BCUT2D eigenvalue weighted by atomic mass is 35.5. The summed E-state index contributed by atoms with van der Waals surface area (Å²) >= 11 is 6.36. The van der Waals surface area contributed by atoms with Crippen LogP contribution < -0.4 is 0 Å². The Morgan fingerprint density at radius 3 is 2.56 bits per heavy atom. The summed E-state index contributed by atoms with van der Waals surface area (Å²) < 4.78 is 24.0. The van der Waals surface area contributed by atoms with Crippen LogP contribution in [0, 0.1) is 5.92 Å². The van der Waals surface area contributed by atoms with E-state index in [0.29, 0.717) is 22.6 Å². The standard InChI is InChI=1S/C20H26ClFO5/c1-26-14-5-2-11(3-6-14)8-13-9-12(4-7-15(13)21)20-19(25)18(24)17(23)16(10-22)27-20/h4,7,9,11,14,16-17,19-20,23,25H,2-3,5-6,8,10H2,1H3/t11?,14?,16-,17-,19-,20+/m1/s1. The van der Waals surface area contributed by atoms with Crippen LogP contribution in [0.3, 0.4) is 0 Å². The van der Waals surface area contributed by atoms with E-state index in [1.807, 2.05) is 6.07 Å². The van der Waals surface area contributed by atoms with E-state index >= 15 is 0 Å². The Kier molecular flexibility index (Phi) is 6.87. The number of hydrogen-bond acceptors (Lipinski definition) is 5. The maximum Gasteiger partial charge on any atom is 0.195 e. The Morgan fingerprint density at radius 1 is 1.22 bits per heavy atom. The molecule has 0 aromatic heterocycles. The average molecular weight is 401 g/mol. The summed E-state index contributed by atoms with van der Waals surface area (Å²) in [5.41, 5.74) is 1.48. The lowest BCUT2D eigenvalue weighted by Crippen LogP contribution is -2.52. The van der Waals surface area contributed by atoms with Crippen molar-refractivity contribution in [2.75, 3.05) is 13.8 Å². The van der Waals surface area contributed by atoms with E-state index in [0.717, 1.165) is 37.7 Å². The molecule has 0 unspecified atom stereocenters. The minimum Gasteiger partial charge on any atom is -0.382 e. The molecule has 4 atom stereocenters. The number of carbonyl (C=O) groups excluding carboxylic acids is 1. The molecule has 3 rings (SSSR count). The number of halogens is 2. The second kappa shape index (κ2) is 8.97. The van der Waals surface area contributed by atoms with Crippen LogP contribution in [0.15, 0.2) is 18.2 Å². The third kappa shape index (κ3) is 4.51. The summed E-state index contributed by atoms with van der Waals surface area (Å²) in [6.07, 6.45) is -0.208. The van der Waals surface area contributed by atoms with Gasteiger partial charge in [0.1, 0.15) is 31.1 Å². The number of benzene rings is 1. The van der Waals surface area contributed by atoms with E-state index < -0.39 is 36.9 Å². The average Bonchev–Trinajstić information content (AvgIpc) is 2.69. The molecule has 2 aliphatic rings. The molecular weight excluding hydrogens is 375 g/mol. The summed E-state index contributed by atoms with van der Waals surface area (Å²) in [6, 6.07) is 5.20. The van der Waals surface area contributed by atoms with Gasteiger partial charge in [-0.15, -0.1) is 0 Å². The van der Waals surface area contributed by atoms with Crippen LogP contribution in [0.4, 0.5) is 4.39 Å². The first-order chi connectivity index (χ1) is 12.9. The number of aliphatic hydroxyl groups is 2. The van der Waals surface area contributed by atoms with E-state index in [9.17, 15) is 19.4 Å². The van der Waals surface area contributed by atoms with E-state index in [2.05, 4.69) is 0 Å². The summed E-state index contributed by atoms with van der Waals surface area (Å²) in [4.78, 5) is 12.0. The lowest BCUT2D eigenvalue weighted by molar-refractivity contribution is -0.185. The number of alkyl halides is 1. The largest absolute Gasteiger partial charge is 0.382 e. The minimum absolute atomic E-state index is 0.323. The molecule has 2 fully saturated rings. The number of carbonyl (C=O) groups is 1. The zero-order valence-electron chi connectivity index (χ0n) is 15.3. The van der Waals surface area contributed by atoms with E-state index in [4.69, 9.17) is 21.1 Å². The highest BCUT2D eigenvalue weighted by Gasteiger charge is 2.44. The monoisotopic (exact) mass is 400 g/mol. The third-order valence-electron chi connectivity index (χ3n) is 5.73. The van der Waals surface area contributed by atoms with Crippen molar-refractivity contribution in [1.29, 1.82) is 0 Å². The number of ketones is 1. The van der Waals surface area contributed by atoms with Crippen molar-refractivity contribution in [3.05, 3.63) is 34.3 Å². The Morgan fingerprint density at radius 2 is 1.93 bits per heavy atom. The van der Waals surface area contributed by atoms with Gasteiger partial charge in [-0.3, -0.25) is 4.79 Å². The first kappa shape index (κ1) is 20.7. The Bertz CT molecular complexity index is 662. The fourth-order valence-electron chi connectivity index (χ4n) is 4.04. The van der Waals surface area contributed by atoms with Gasteiger partial charge in [0.2, 0.25) is 0 Å². The fourth-order valence-corrected chi connectivity index (χ4v) is 4.23. The molecule has 1 aliphatic heterocycles. The number of methoxy groups -OCH3 is 1. The van der Waals surface area contributed by atoms with Crippen molar-refractivity contribution >= 4 is 17.4 Å². The third-order valence-corrected chi connectivity index (χ3v) is 6.10. The lowest BCUT2D eigenvalue weighted by Gasteiger charge is -2.35. The van der Waals surface area contributed by atoms with E-state index in [1.165, 1.54) is 0 Å². The minimum atomic E-state index is -1.65. The summed E-state index contributed by atoms with van der Waals surface area (Å²) in [6.45, 7) is -1.00. The van der Waals surface area contributed by atoms with Gasteiger partial charge in [0.25, 0.3) is 0 Å². The van der Waals surface area contributed by atoms with Gasteiger partial charge in [-0.1, -0.05) is 23.7 Å². The van der Waals surface area contributed by atoms with Gasteiger partial charge in [0.15, 0.2) is 5.78 Å². The van der Waals surface area contributed by atoms with E-state index in [-0.39, 0.29) is 0 Å².